The van der Waals surface area contributed by atoms with E-state index in [9.17, 15) is 14.7 Å². The number of hydrogen-bond acceptors (Lipinski definition) is 3. The smallest absolute Gasteiger partial charge is 0.220 e. The topological polar surface area (TPSA) is 66.4 Å². The molecule has 0 bridgehead atoms. The number of hydrogen-bond donors (Lipinski definition) is 2. The van der Waals surface area contributed by atoms with E-state index in [0.717, 1.165) is 30.4 Å². The maximum atomic E-state index is 12.3. The molecule has 2 rings (SSSR count). The molecule has 1 amide bonds. The highest BCUT2D eigenvalue weighted by Crippen LogP contribution is 2.37. The lowest BCUT2D eigenvalue weighted by molar-refractivity contribution is -0.122. The van der Waals surface area contributed by atoms with Crippen molar-refractivity contribution in [1.82, 2.24) is 5.32 Å². The van der Waals surface area contributed by atoms with Gasteiger partial charge in [0.2, 0.25) is 5.91 Å². The standard InChI is InChI=1S/C19H27NO3/c1-13-6-7-14(2)15(11-13)16(22)8-9-18(23)20-17-5-4-10-19(17,3)12-21/h6-7,11,17,21H,4-5,8-10,12H2,1-3H3,(H,20,23). The van der Waals surface area contributed by atoms with Crippen LogP contribution in [0.1, 0.15) is 60.5 Å². The van der Waals surface area contributed by atoms with Crippen molar-refractivity contribution >= 4 is 11.7 Å². The quantitative estimate of drug-likeness (QED) is 0.793. The Balaban J connectivity index is 1.89. The molecule has 2 atom stereocenters. The highest BCUT2D eigenvalue weighted by atomic mass is 16.3. The second-order valence-electron chi connectivity index (χ2n) is 7.07. The average molecular weight is 317 g/mol. The van der Waals surface area contributed by atoms with Gasteiger partial charge in [-0.15, -0.1) is 0 Å². The number of carbonyl (C=O) groups is 2. The van der Waals surface area contributed by atoms with Crippen LogP contribution in [0.5, 0.6) is 0 Å². The van der Waals surface area contributed by atoms with Crippen LogP contribution in [0.4, 0.5) is 0 Å². The summed E-state index contributed by atoms with van der Waals surface area (Å²) in [6.45, 7) is 5.96. The van der Waals surface area contributed by atoms with E-state index >= 15 is 0 Å². The van der Waals surface area contributed by atoms with Crippen LogP contribution < -0.4 is 5.32 Å². The molecular weight excluding hydrogens is 290 g/mol. The maximum Gasteiger partial charge on any atom is 0.220 e. The van der Waals surface area contributed by atoms with Gasteiger partial charge < -0.3 is 10.4 Å². The lowest BCUT2D eigenvalue weighted by Crippen LogP contribution is -2.44. The van der Waals surface area contributed by atoms with Crippen molar-refractivity contribution in [2.45, 2.75) is 58.9 Å². The second-order valence-corrected chi connectivity index (χ2v) is 7.07. The van der Waals surface area contributed by atoms with Gasteiger partial charge in [0.25, 0.3) is 0 Å². The van der Waals surface area contributed by atoms with Crippen molar-refractivity contribution in [3.05, 3.63) is 34.9 Å². The van der Waals surface area contributed by atoms with E-state index in [0.29, 0.717) is 5.56 Å². The molecule has 2 N–H and O–H groups in total. The molecule has 4 nitrogen and oxygen atoms in total. The first-order valence-electron chi connectivity index (χ1n) is 8.36. The molecule has 0 heterocycles. The molecule has 1 aromatic carbocycles. The van der Waals surface area contributed by atoms with E-state index in [1.807, 2.05) is 39.0 Å². The minimum Gasteiger partial charge on any atom is -0.396 e. The van der Waals surface area contributed by atoms with Crippen LogP contribution in [0.3, 0.4) is 0 Å². The number of aliphatic hydroxyl groups excluding tert-OH is 1. The van der Waals surface area contributed by atoms with Crippen molar-refractivity contribution in [2.24, 2.45) is 5.41 Å². The Morgan fingerprint density at radius 1 is 1.30 bits per heavy atom. The van der Waals surface area contributed by atoms with Gasteiger partial charge in [-0.3, -0.25) is 9.59 Å². The van der Waals surface area contributed by atoms with Crippen molar-refractivity contribution < 1.29 is 14.7 Å². The Kier molecular flexibility index (Phi) is 5.58. The van der Waals surface area contributed by atoms with Gasteiger partial charge in [0.1, 0.15) is 0 Å². The summed E-state index contributed by atoms with van der Waals surface area (Å²) in [5.74, 6) is -0.0899. The lowest BCUT2D eigenvalue weighted by Gasteiger charge is -2.30. The first kappa shape index (κ1) is 17.7. The third-order valence-corrected chi connectivity index (χ3v) is 5.05. The SMILES string of the molecule is Cc1ccc(C)c(C(=O)CCC(=O)NC2CCCC2(C)CO)c1. The molecule has 1 aliphatic rings. The van der Waals surface area contributed by atoms with E-state index in [-0.39, 0.29) is 42.6 Å². The fourth-order valence-electron chi connectivity index (χ4n) is 3.33. The summed E-state index contributed by atoms with van der Waals surface area (Å²) < 4.78 is 0. The third-order valence-electron chi connectivity index (χ3n) is 5.05. The van der Waals surface area contributed by atoms with Crippen LogP contribution in [0.25, 0.3) is 0 Å². The minimum atomic E-state index is -0.229. The molecule has 0 spiro atoms. The first-order valence-corrected chi connectivity index (χ1v) is 8.36. The summed E-state index contributed by atoms with van der Waals surface area (Å²) in [7, 11) is 0. The summed E-state index contributed by atoms with van der Waals surface area (Å²) in [5, 5.41) is 12.5. The third kappa shape index (κ3) is 4.20. The number of aryl methyl sites for hydroxylation is 2. The Morgan fingerprint density at radius 3 is 2.74 bits per heavy atom. The predicted molar refractivity (Wildman–Crippen MR) is 90.5 cm³/mol. The molecule has 0 aromatic heterocycles. The summed E-state index contributed by atoms with van der Waals surface area (Å²) in [5.41, 5.74) is 2.48. The zero-order valence-electron chi connectivity index (χ0n) is 14.3. The maximum absolute atomic E-state index is 12.3. The van der Waals surface area contributed by atoms with Crippen molar-refractivity contribution in [2.75, 3.05) is 6.61 Å². The lowest BCUT2D eigenvalue weighted by atomic mass is 9.85. The van der Waals surface area contributed by atoms with E-state index in [2.05, 4.69) is 5.32 Å². The fraction of sp³-hybridized carbons (Fsp3) is 0.579. The molecule has 126 valence electrons. The molecule has 0 radical (unpaired) electrons. The van der Waals surface area contributed by atoms with Crippen LogP contribution in [-0.2, 0) is 4.79 Å². The summed E-state index contributed by atoms with van der Waals surface area (Å²) in [6, 6.07) is 5.81. The van der Waals surface area contributed by atoms with Crippen LogP contribution in [-0.4, -0.2) is 29.4 Å². The van der Waals surface area contributed by atoms with E-state index in [1.165, 1.54) is 0 Å². The molecule has 2 unspecified atom stereocenters. The molecule has 1 saturated carbocycles. The fourth-order valence-corrected chi connectivity index (χ4v) is 3.33. The molecule has 1 fully saturated rings. The number of benzene rings is 1. The van der Waals surface area contributed by atoms with Gasteiger partial charge in [0.05, 0.1) is 6.61 Å². The second kappa shape index (κ2) is 7.26. The number of nitrogens with one attached hydrogen (secondary N) is 1. The molecular formula is C19H27NO3. The Hall–Kier alpha value is -1.68. The highest BCUT2D eigenvalue weighted by Gasteiger charge is 2.38. The predicted octanol–water partition coefficient (Wildman–Crippen LogP) is 2.93. The van der Waals surface area contributed by atoms with Gasteiger partial charge >= 0.3 is 0 Å². The Bertz CT molecular complexity index is 596. The number of rotatable bonds is 6. The minimum absolute atomic E-state index is 0.0100. The van der Waals surface area contributed by atoms with Crippen LogP contribution in [0.2, 0.25) is 0 Å². The number of aliphatic hydroxyl groups is 1. The molecule has 1 aromatic rings. The van der Waals surface area contributed by atoms with E-state index < -0.39 is 0 Å². The largest absolute Gasteiger partial charge is 0.396 e. The molecule has 0 aliphatic heterocycles. The van der Waals surface area contributed by atoms with Crippen LogP contribution >= 0.6 is 0 Å². The Labute approximate surface area is 138 Å². The zero-order valence-corrected chi connectivity index (χ0v) is 14.3. The number of ketones is 1. The summed E-state index contributed by atoms with van der Waals surface area (Å²) in [4.78, 5) is 24.5. The van der Waals surface area contributed by atoms with E-state index in [4.69, 9.17) is 0 Å². The number of carbonyl (C=O) groups excluding carboxylic acids is 2. The van der Waals surface area contributed by atoms with E-state index in [1.54, 1.807) is 0 Å². The highest BCUT2D eigenvalue weighted by molar-refractivity contribution is 5.99. The van der Waals surface area contributed by atoms with Crippen LogP contribution in [0, 0.1) is 19.3 Å². The zero-order chi connectivity index (χ0) is 17.0. The Morgan fingerprint density at radius 2 is 2.04 bits per heavy atom. The molecule has 4 heteroatoms. The normalized spacial score (nSPS) is 23.7. The van der Waals surface area contributed by atoms with Gasteiger partial charge in [0.15, 0.2) is 5.78 Å². The molecule has 1 aliphatic carbocycles. The van der Waals surface area contributed by atoms with Gasteiger partial charge in [0, 0.05) is 29.9 Å². The van der Waals surface area contributed by atoms with Crippen molar-refractivity contribution in [1.29, 1.82) is 0 Å². The molecule has 23 heavy (non-hydrogen) atoms. The first-order chi connectivity index (χ1) is 10.9. The summed E-state index contributed by atoms with van der Waals surface area (Å²) in [6.07, 6.45) is 3.26. The van der Waals surface area contributed by atoms with Gasteiger partial charge in [-0.2, -0.15) is 0 Å². The summed E-state index contributed by atoms with van der Waals surface area (Å²) >= 11 is 0. The van der Waals surface area contributed by atoms with Crippen molar-refractivity contribution in [3.63, 3.8) is 0 Å². The van der Waals surface area contributed by atoms with Gasteiger partial charge in [-0.05, 0) is 38.3 Å². The van der Waals surface area contributed by atoms with Gasteiger partial charge in [-0.1, -0.05) is 31.0 Å². The van der Waals surface area contributed by atoms with Gasteiger partial charge in [-0.25, -0.2) is 0 Å². The van der Waals surface area contributed by atoms with Crippen LogP contribution in [0.15, 0.2) is 18.2 Å². The van der Waals surface area contributed by atoms with Crippen molar-refractivity contribution in [3.8, 4) is 0 Å². The number of Topliss-reactive ketones (excluding diaryl/α,β-unsaturated/α-hetero) is 1. The monoisotopic (exact) mass is 317 g/mol. The molecule has 0 saturated heterocycles. The average Bonchev–Trinajstić information content (AvgIpc) is 2.89. The number of amides is 1.